The molecule has 0 radical (unpaired) electrons. The third kappa shape index (κ3) is 7.84. The van der Waals surface area contributed by atoms with Crippen molar-refractivity contribution in [2.24, 2.45) is 5.92 Å². The first-order chi connectivity index (χ1) is 24.6. The number of rotatable bonds is 11. The number of amides is 1. The molecular formula is C38H37Cl2N4O7+. The summed E-state index contributed by atoms with van der Waals surface area (Å²) in [5.74, 6) is -0.589. The molecule has 0 saturated carbocycles. The molecule has 3 aliphatic heterocycles. The number of carbonyl (C=O) groups excluding carboxylic acids is 1. The maximum absolute atomic E-state index is 14.0. The predicted octanol–water partition coefficient (Wildman–Crippen LogP) is 6.72. The van der Waals surface area contributed by atoms with Crippen LogP contribution in [0.5, 0.6) is 11.5 Å². The van der Waals surface area contributed by atoms with Gasteiger partial charge in [-0.2, -0.15) is 5.26 Å². The molecule has 3 fully saturated rings. The van der Waals surface area contributed by atoms with Crippen LogP contribution in [-0.2, 0) is 17.7 Å². The fourth-order valence-corrected chi connectivity index (χ4v) is 7.64. The number of aromatic carboxylic acids is 1. The van der Waals surface area contributed by atoms with Gasteiger partial charge in [-0.3, -0.25) is 15.0 Å². The number of ether oxygens (including phenoxy) is 3. The second kappa shape index (κ2) is 15.5. The van der Waals surface area contributed by atoms with Gasteiger partial charge >= 0.3 is 12.1 Å². The smallest absolute Gasteiger partial charge is 0.414 e. The van der Waals surface area contributed by atoms with Crippen LogP contribution in [0.15, 0.2) is 73.1 Å². The first-order valence-electron chi connectivity index (χ1n) is 16.5. The maximum atomic E-state index is 14.0. The highest BCUT2D eigenvalue weighted by atomic mass is 35.5. The summed E-state index contributed by atoms with van der Waals surface area (Å²) < 4.78 is 18.0. The molecule has 4 aromatic rings. The molecule has 4 heterocycles. The highest BCUT2D eigenvalue weighted by molar-refractivity contribution is 6.35. The van der Waals surface area contributed by atoms with Crippen LogP contribution in [0.2, 0.25) is 10.0 Å². The highest BCUT2D eigenvalue weighted by Gasteiger charge is 2.37. The summed E-state index contributed by atoms with van der Waals surface area (Å²) in [6.45, 7) is 2.68. The average Bonchev–Trinajstić information content (AvgIpc) is 3.13. The molecule has 2 atom stereocenters. The number of nitriles is 1. The van der Waals surface area contributed by atoms with Crippen LogP contribution < -0.4 is 19.1 Å². The normalized spacial score (nSPS) is 18.4. The summed E-state index contributed by atoms with van der Waals surface area (Å²) in [6, 6.07) is 19.1. The number of carbonyl (C=O) groups is 2. The number of halogens is 2. The Labute approximate surface area is 305 Å². The van der Waals surface area contributed by atoms with Crippen LogP contribution in [0, 0.1) is 17.2 Å². The lowest BCUT2D eigenvalue weighted by Crippen LogP contribution is -2.53. The van der Waals surface area contributed by atoms with E-state index in [-0.39, 0.29) is 40.6 Å². The van der Waals surface area contributed by atoms with E-state index in [1.54, 1.807) is 48.5 Å². The van der Waals surface area contributed by atoms with E-state index in [4.69, 9.17) is 37.4 Å². The van der Waals surface area contributed by atoms with E-state index < -0.39 is 18.0 Å². The lowest BCUT2D eigenvalue weighted by atomic mass is 9.82. The Morgan fingerprint density at radius 3 is 2.37 bits per heavy atom. The summed E-state index contributed by atoms with van der Waals surface area (Å²) in [4.78, 5) is 30.6. The Morgan fingerprint density at radius 1 is 1.02 bits per heavy atom. The number of aromatic nitrogens is 1. The molecule has 0 aliphatic carbocycles. The molecule has 2 bridgehead atoms. The van der Waals surface area contributed by atoms with E-state index in [2.05, 4.69) is 11.0 Å². The summed E-state index contributed by atoms with van der Waals surface area (Å²) in [6.07, 6.45) is 3.88. The quantitative estimate of drug-likeness (QED) is 0.127. The number of methoxy groups -OCH3 is 2. The van der Waals surface area contributed by atoms with Gasteiger partial charge in [-0.1, -0.05) is 47.5 Å². The van der Waals surface area contributed by atoms with Gasteiger partial charge in [0.05, 0.1) is 38.0 Å². The number of fused-ring (bicyclic) bond motifs is 3. The van der Waals surface area contributed by atoms with Crippen LogP contribution >= 0.6 is 23.2 Å². The molecule has 3 aliphatic rings. The third-order valence-corrected chi connectivity index (χ3v) is 10.4. The van der Waals surface area contributed by atoms with Crippen molar-refractivity contribution >= 4 is 41.0 Å². The number of anilines is 1. The minimum Gasteiger partial charge on any atom is -0.493 e. The van der Waals surface area contributed by atoms with Gasteiger partial charge in [0.2, 0.25) is 12.4 Å². The van der Waals surface area contributed by atoms with E-state index in [1.807, 2.05) is 6.07 Å². The van der Waals surface area contributed by atoms with Crippen molar-refractivity contribution in [2.75, 3.05) is 38.8 Å². The third-order valence-electron chi connectivity index (χ3n) is 9.70. The highest BCUT2D eigenvalue weighted by Crippen LogP contribution is 2.39. The number of pyridine rings is 1. The molecule has 0 unspecified atom stereocenters. The Morgan fingerprint density at radius 2 is 1.75 bits per heavy atom. The average molecular weight is 733 g/mol. The van der Waals surface area contributed by atoms with Gasteiger partial charge in [-0.15, -0.1) is 0 Å². The fraction of sp³-hybridized carbons (Fsp3) is 0.316. The molecule has 1 aromatic heterocycles. The molecule has 264 valence electrons. The summed E-state index contributed by atoms with van der Waals surface area (Å²) in [5, 5.41) is 30.5. The lowest BCUT2D eigenvalue weighted by Gasteiger charge is -2.44. The number of nitrogens with zero attached hydrogens (tertiary/aromatic N) is 4. The zero-order valence-corrected chi connectivity index (χ0v) is 29.6. The predicted molar refractivity (Wildman–Crippen MR) is 189 cm³/mol. The van der Waals surface area contributed by atoms with Crippen molar-refractivity contribution in [1.29, 1.82) is 5.26 Å². The maximum Gasteiger partial charge on any atom is 0.414 e. The van der Waals surface area contributed by atoms with Crippen molar-refractivity contribution in [2.45, 2.75) is 37.8 Å². The van der Waals surface area contributed by atoms with Crippen LogP contribution in [-0.4, -0.2) is 67.2 Å². The summed E-state index contributed by atoms with van der Waals surface area (Å²) in [5.41, 5.74) is 3.10. The van der Waals surface area contributed by atoms with E-state index in [0.717, 1.165) is 30.7 Å². The van der Waals surface area contributed by atoms with E-state index >= 15 is 0 Å². The molecule has 3 aromatic carbocycles. The standard InChI is InChI=1S/C38H36Cl2N4O7/c1-49-34-9-7-26(16-35(34)50-2)29(17-31-32(39)20-43(48)21-33(31)40)30-15-24(6-8-28(30)37(45)46)19-44(27-5-3-4-23(14-27)18-41)38(47)51-36-22-42-12-10-25(36)11-13-42/h3-9,14-16,20-21,25,29,36H,10-13,17,19,22H2,1-2H3,(H-,45,46,48)/p+1/t29-,36-/m0/s1. The van der Waals surface area contributed by atoms with Gasteiger partial charge < -0.3 is 19.3 Å². The summed E-state index contributed by atoms with van der Waals surface area (Å²) >= 11 is 13.2. The molecule has 3 saturated heterocycles. The van der Waals surface area contributed by atoms with Crippen molar-refractivity contribution in [1.82, 2.24) is 4.90 Å². The molecule has 51 heavy (non-hydrogen) atoms. The number of carboxylic acids is 1. The lowest BCUT2D eigenvalue weighted by molar-refractivity contribution is -0.904. The second-order valence-electron chi connectivity index (χ2n) is 12.7. The van der Waals surface area contributed by atoms with Crippen molar-refractivity contribution < 1.29 is 38.8 Å². The molecule has 1 amide bonds. The zero-order valence-electron chi connectivity index (χ0n) is 28.1. The van der Waals surface area contributed by atoms with Crippen molar-refractivity contribution in [3.8, 4) is 17.6 Å². The zero-order chi connectivity index (χ0) is 36.2. The first kappa shape index (κ1) is 35.8. The SMILES string of the molecule is COc1ccc([C@H](Cc2c(Cl)c[n+](O)cc2Cl)c2cc(CN(C(=O)O[C@H]3CN4CCC3CC4)c3cccc(C#N)c3)ccc2C(=O)O)cc1OC. The van der Waals surface area contributed by atoms with Gasteiger partial charge in [0.15, 0.2) is 11.5 Å². The first-order valence-corrected chi connectivity index (χ1v) is 17.2. The topological polar surface area (TPSA) is 136 Å². The number of carboxylic acid groups (broad SMARTS) is 1. The van der Waals surface area contributed by atoms with Crippen molar-refractivity contribution in [3.05, 3.63) is 116 Å². The monoisotopic (exact) mass is 731 g/mol. The number of piperidine rings is 3. The Balaban J connectivity index is 1.44. The Bertz CT molecular complexity index is 1970. The molecule has 0 spiro atoms. The van der Waals surface area contributed by atoms with Crippen LogP contribution in [0.25, 0.3) is 0 Å². The molecule has 7 rings (SSSR count). The molecule has 11 nitrogen and oxygen atoms in total. The van der Waals surface area contributed by atoms with E-state index in [0.29, 0.717) is 51.5 Å². The van der Waals surface area contributed by atoms with Crippen LogP contribution in [0.1, 0.15) is 56.9 Å². The number of benzene rings is 3. The largest absolute Gasteiger partial charge is 0.493 e. The summed E-state index contributed by atoms with van der Waals surface area (Å²) in [7, 11) is 3.03. The number of hydrogen-bond acceptors (Lipinski definition) is 8. The van der Waals surface area contributed by atoms with Crippen molar-refractivity contribution in [3.63, 3.8) is 0 Å². The van der Waals surface area contributed by atoms with Gasteiger partial charge in [0, 0.05) is 28.4 Å². The van der Waals surface area contributed by atoms with Crippen LogP contribution in [0.4, 0.5) is 10.5 Å². The Hall–Kier alpha value is -5.02. The van der Waals surface area contributed by atoms with Gasteiger partial charge in [0.25, 0.3) is 0 Å². The van der Waals surface area contributed by atoms with E-state index in [1.165, 1.54) is 37.6 Å². The minimum atomic E-state index is -1.15. The molecular weight excluding hydrogens is 695 g/mol. The fourth-order valence-electron chi connectivity index (χ4n) is 7.03. The molecule has 2 N–H and O–H groups in total. The van der Waals surface area contributed by atoms with Gasteiger partial charge in [0.1, 0.15) is 16.1 Å². The Kier molecular flexibility index (Phi) is 10.9. The minimum absolute atomic E-state index is 0.0255. The molecule has 13 heteroatoms. The second-order valence-corrected chi connectivity index (χ2v) is 13.5. The van der Waals surface area contributed by atoms with E-state index in [9.17, 15) is 25.2 Å². The van der Waals surface area contributed by atoms with Gasteiger partial charge in [-0.25, -0.2) is 9.59 Å². The van der Waals surface area contributed by atoms with Gasteiger partial charge in [-0.05, 0) is 91.4 Å². The van der Waals surface area contributed by atoms with Crippen LogP contribution in [0.3, 0.4) is 0 Å². The number of hydrogen-bond donors (Lipinski definition) is 2.